The van der Waals surface area contributed by atoms with Gasteiger partial charge in [0, 0.05) is 0 Å². The van der Waals surface area contributed by atoms with Crippen LogP contribution < -0.4 is 6.15 Å². The highest BCUT2D eigenvalue weighted by Gasteiger charge is 2.08. The van der Waals surface area contributed by atoms with Crippen molar-refractivity contribution in [3.8, 4) is 0 Å². The van der Waals surface area contributed by atoms with E-state index in [1.807, 2.05) is 0 Å². The van der Waals surface area contributed by atoms with Gasteiger partial charge in [-0.25, -0.2) is 0 Å². The van der Waals surface area contributed by atoms with E-state index in [2.05, 4.69) is 27.7 Å². The monoisotopic (exact) mass is 257 g/mol. The molecule has 3 N–H and O–H groups in total. The Kier molecular flexibility index (Phi) is 15.1. The van der Waals surface area contributed by atoms with Gasteiger partial charge in [0.1, 0.15) is 0 Å². The van der Waals surface area contributed by atoms with Crippen LogP contribution in [0.5, 0.6) is 0 Å². The first-order valence-electron chi connectivity index (χ1n) is 8.06. The zero-order chi connectivity index (χ0) is 13.0. The fourth-order valence-electron chi connectivity index (χ4n) is 2.32. The molecule has 0 bridgehead atoms. The summed E-state index contributed by atoms with van der Waals surface area (Å²) in [6.07, 6.45) is 17.4. The van der Waals surface area contributed by atoms with Crippen LogP contribution in [0.15, 0.2) is 0 Å². The van der Waals surface area contributed by atoms with Crippen molar-refractivity contribution in [2.45, 2.75) is 105 Å². The van der Waals surface area contributed by atoms with E-state index >= 15 is 0 Å². The van der Waals surface area contributed by atoms with E-state index in [0.29, 0.717) is 5.41 Å². The quantitative estimate of drug-likeness (QED) is 0.401. The molecule has 0 amide bonds. The molecule has 0 aromatic rings. The summed E-state index contributed by atoms with van der Waals surface area (Å²) in [5.74, 6) is 0. The summed E-state index contributed by atoms with van der Waals surface area (Å²) in [6.45, 7) is 9.34. The predicted octanol–water partition coefficient (Wildman–Crippen LogP) is 6.90. The molecule has 0 saturated heterocycles. The van der Waals surface area contributed by atoms with Gasteiger partial charge in [-0.1, -0.05) is 98.3 Å². The lowest BCUT2D eigenvalue weighted by Crippen LogP contribution is -2.03. The SMILES string of the molecule is CCCCCCCCCCCCCC(C)(C)C.N. The normalized spacial score (nSPS) is 11.3. The third-order valence-corrected chi connectivity index (χ3v) is 3.53. The highest BCUT2D eigenvalue weighted by atomic mass is 14.1. The Hall–Kier alpha value is -0.0400. The van der Waals surface area contributed by atoms with Gasteiger partial charge in [-0.2, -0.15) is 0 Å². The van der Waals surface area contributed by atoms with Crippen LogP contribution in [-0.2, 0) is 0 Å². The van der Waals surface area contributed by atoms with Crippen LogP contribution >= 0.6 is 0 Å². The minimum atomic E-state index is 0. The van der Waals surface area contributed by atoms with Crippen LogP contribution in [0.4, 0.5) is 0 Å². The van der Waals surface area contributed by atoms with E-state index in [-0.39, 0.29) is 6.15 Å². The predicted molar refractivity (Wildman–Crippen MR) is 85.6 cm³/mol. The highest BCUT2D eigenvalue weighted by Crippen LogP contribution is 2.22. The van der Waals surface area contributed by atoms with Gasteiger partial charge < -0.3 is 6.15 Å². The van der Waals surface area contributed by atoms with Crippen LogP contribution in [0.1, 0.15) is 105 Å². The summed E-state index contributed by atoms with van der Waals surface area (Å²) >= 11 is 0. The molecule has 0 atom stereocenters. The number of rotatable bonds is 11. The molecule has 0 fully saturated rings. The maximum atomic E-state index is 2.35. The number of hydrogen-bond donors (Lipinski definition) is 1. The van der Waals surface area contributed by atoms with Gasteiger partial charge in [0.2, 0.25) is 0 Å². The Morgan fingerprint density at radius 2 is 0.889 bits per heavy atom. The average molecular weight is 258 g/mol. The Balaban J connectivity index is 0. The second-order valence-corrected chi connectivity index (χ2v) is 6.85. The highest BCUT2D eigenvalue weighted by molar-refractivity contribution is 4.61. The lowest BCUT2D eigenvalue weighted by Gasteiger charge is -2.17. The molecular weight excluding hydrogens is 218 g/mol. The molecule has 0 radical (unpaired) electrons. The summed E-state index contributed by atoms with van der Waals surface area (Å²) in [7, 11) is 0. The maximum absolute atomic E-state index is 2.35. The molecule has 18 heavy (non-hydrogen) atoms. The van der Waals surface area contributed by atoms with Crippen LogP contribution in [-0.4, -0.2) is 0 Å². The molecular formula is C17H39N. The summed E-state index contributed by atoms with van der Waals surface area (Å²) in [5.41, 5.74) is 0.541. The fourth-order valence-corrected chi connectivity index (χ4v) is 2.32. The summed E-state index contributed by atoms with van der Waals surface area (Å²) in [4.78, 5) is 0. The zero-order valence-corrected chi connectivity index (χ0v) is 13.7. The van der Waals surface area contributed by atoms with E-state index in [1.165, 1.54) is 77.0 Å². The Bertz CT molecular complexity index is 146. The summed E-state index contributed by atoms with van der Waals surface area (Å²) in [5, 5.41) is 0. The fraction of sp³-hybridized carbons (Fsp3) is 1.00. The third-order valence-electron chi connectivity index (χ3n) is 3.53. The first-order chi connectivity index (χ1) is 8.06. The molecule has 0 rings (SSSR count). The first kappa shape index (κ1) is 20.3. The van der Waals surface area contributed by atoms with E-state index in [1.54, 1.807) is 0 Å². The van der Waals surface area contributed by atoms with Gasteiger partial charge >= 0.3 is 0 Å². The molecule has 0 aromatic heterocycles. The van der Waals surface area contributed by atoms with E-state index in [9.17, 15) is 0 Å². The van der Waals surface area contributed by atoms with Crippen LogP contribution in [0.3, 0.4) is 0 Å². The van der Waals surface area contributed by atoms with Crippen molar-refractivity contribution < 1.29 is 0 Å². The van der Waals surface area contributed by atoms with Crippen molar-refractivity contribution >= 4 is 0 Å². The van der Waals surface area contributed by atoms with Gasteiger partial charge in [0.15, 0.2) is 0 Å². The second kappa shape index (κ2) is 13.4. The Labute approximate surface area is 117 Å². The largest absolute Gasteiger partial charge is 0.344 e. The topological polar surface area (TPSA) is 35.0 Å². The van der Waals surface area contributed by atoms with Gasteiger partial charge in [-0.05, 0) is 11.8 Å². The molecule has 0 aliphatic carbocycles. The molecule has 0 saturated carbocycles. The lowest BCUT2D eigenvalue weighted by atomic mass is 9.89. The standard InChI is InChI=1S/C17H36.H3N/c1-5-6-7-8-9-10-11-12-13-14-15-16-17(2,3)4;/h5-16H2,1-4H3;1H3. The van der Waals surface area contributed by atoms with E-state index < -0.39 is 0 Å². The summed E-state index contributed by atoms with van der Waals surface area (Å²) in [6, 6.07) is 0. The molecule has 1 heteroatoms. The smallest absolute Gasteiger partial charge is 0.0383 e. The number of unbranched alkanes of at least 4 members (excludes halogenated alkanes) is 10. The van der Waals surface area contributed by atoms with Crippen LogP contribution in [0, 0.1) is 5.41 Å². The molecule has 0 heterocycles. The van der Waals surface area contributed by atoms with E-state index in [0.717, 1.165) is 0 Å². The Morgan fingerprint density at radius 1 is 0.556 bits per heavy atom. The van der Waals surface area contributed by atoms with Crippen molar-refractivity contribution in [3.63, 3.8) is 0 Å². The second-order valence-electron chi connectivity index (χ2n) is 6.85. The van der Waals surface area contributed by atoms with Crippen LogP contribution in [0.25, 0.3) is 0 Å². The van der Waals surface area contributed by atoms with Crippen molar-refractivity contribution in [2.75, 3.05) is 0 Å². The maximum Gasteiger partial charge on any atom is -0.0383 e. The van der Waals surface area contributed by atoms with Crippen molar-refractivity contribution in [3.05, 3.63) is 0 Å². The first-order valence-corrected chi connectivity index (χ1v) is 8.06. The van der Waals surface area contributed by atoms with E-state index in [4.69, 9.17) is 0 Å². The van der Waals surface area contributed by atoms with Gasteiger partial charge in [0.25, 0.3) is 0 Å². The Morgan fingerprint density at radius 3 is 1.22 bits per heavy atom. The van der Waals surface area contributed by atoms with Gasteiger partial charge in [-0.3, -0.25) is 0 Å². The lowest BCUT2D eigenvalue weighted by molar-refractivity contribution is 0.356. The molecule has 0 unspecified atom stereocenters. The van der Waals surface area contributed by atoms with Crippen LogP contribution in [0.2, 0.25) is 0 Å². The molecule has 0 spiro atoms. The molecule has 0 aliphatic rings. The molecule has 112 valence electrons. The van der Waals surface area contributed by atoms with Gasteiger partial charge in [0.05, 0.1) is 0 Å². The van der Waals surface area contributed by atoms with Crippen molar-refractivity contribution in [1.82, 2.24) is 6.15 Å². The third kappa shape index (κ3) is 18.3. The van der Waals surface area contributed by atoms with Crippen molar-refractivity contribution in [1.29, 1.82) is 0 Å². The zero-order valence-electron chi connectivity index (χ0n) is 13.7. The molecule has 1 nitrogen and oxygen atoms in total. The summed E-state index contributed by atoms with van der Waals surface area (Å²) < 4.78 is 0. The molecule has 0 aliphatic heterocycles. The van der Waals surface area contributed by atoms with Crippen molar-refractivity contribution in [2.24, 2.45) is 5.41 Å². The molecule has 0 aromatic carbocycles. The minimum absolute atomic E-state index is 0. The minimum Gasteiger partial charge on any atom is -0.344 e. The van der Waals surface area contributed by atoms with Gasteiger partial charge in [-0.15, -0.1) is 0 Å². The average Bonchev–Trinajstić information content (AvgIpc) is 2.24. The number of hydrogen-bond acceptors (Lipinski definition) is 1.